The third-order valence-corrected chi connectivity index (χ3v) is 3.14. The topological polar surface area (TPSA) is 125 Å². The second kappa shape index (κ2) is 7.05. The highest BCUT2D eigenvalue weighted by Crippen LogP contribution is 2.31. The number of aliphatic hydroxyl groups is 3. The first kappa shape index (κ1) is 18.4. The number of rotatable bonds is 3. The molecule has 1 fully saturated rings. The molecule has 2 rings (SSSR count). The maximum Gasteiger partial charge on any atom is 0.330 e. The van der Waals surface area contributed by atoms with Crippen LogP contribution in [0.2, 0.25) is 0 Å². The quantitative estimate of drug-likeness (QED) is 0.554. The summed E-state index contributed by atoms with van der Waals surface area (Å²) in [6.45, 7) is 1.74. The molecular formula is C12H16ClFN2O6. The average molecular weight is 339 g/mol. The van der Waals surface area contributed by atoms with Gasteiger partial charge in [-0.05, 0) is 12.5 Å². The molecule has 22 heavy (non-hydrogen) atoms. The van der Waals surface area contributed by atoms with Gasteiger partial charge in [-0.15, -0.1) is 12.4 Å². The Labute approximate surface area is 129 Å². The fourth-order valence-electron chi connectivity index (χ4n) is 2.11. The minimum atomic E-state index is -1.58. The van der Waals surface area contributed by atoms with Crippen LogP contribution in [-0.2, 0) is 4.74 Å². The first-order valence-corrected chi connectivity index (χ1v) is 6.28. The number of nitrogens with one attached hydrogen (secondary N) is 1. The molecule has 0 bridgehead atoms. The normalized spacial score (nSPS) is 28.5. The Kier molecular flexibility index (Phi) is 5.89. The number of allylic oxidation sites excluding steroid dienone is 1. The molecule has 0 radical (unpaired) electrons. The molecule has 0 aliphatic carbocycles. The van der Waals surface area contributed by atoms with Crippen LogP contribution in [0.15, 0.2) is 27.6 Å². The minimum Gasteiger partial charge on any atom is -0.510 e. The smallest absolute Gasteiger partial charge is 0.330 e. The maximum absolute atomic E-state index is 13.2. The van der Waals surface area contributed by atoms with Crippen LogP contribution in [-0.4, -0.2) is 43.2 Å². The Bertz CT molecular complexity index is 672. The lowest BCUT2D eigenvalue weighted by Gasteiger charge is -2.16. The van der Waals surface area contributed by atoms with Crippen molar-refractivity contribution in [2.75, 3.05) is 0 Å². The summed E-state index contributed by atoms with van der Waals surface area (Å²) in [6, 6.07) is 0. The Balaban J connectivity index is 0.00000242. The second-order valence-electron chi connectivity index (χ2n) is 4.61. The molecule has 4 atom stereocenters. The Morgan fingerprint density at radius 1 is 1.45 bits per heavy atom. The zero-order valence-electron chi connectivity index (χ0n) is 11.5. The second-order valence-corrected chi connectivity index (χ2v) is 4.61. The summed E-state index contributed by atoms with van der Waals surface area (Å²) in [4.78, 5) is 24.3. The van der Waals surface area contributed by atoms with Gasteiger partial charge in [0.05, 0.1) is 6.20 Å². The largest absolute Gasteiger partial charge is 0.510 e. The third-order valence-electron chi connectivity index (χ3n) is 3.14. The molecule has 1 aliphatic rings. The highest BCUT2D eigenvalue weighted by Gasteiger charge is 2.46. The van der Waals surface area contributed by atoms with Crippen LogP contribution in [0.3, 0.4) is 0 Å². The van der Waals surface area contributed by atoms with Crippen molar-refractivity contribution in [1.29, 1.82) is 0 Å². The van der Waals surface area contributed by atoms with Crippen molar-refractivity contribution in [3.63, 3.8) is 0 Å². The van der Waals surface area contributed by atoms with Crippen molar-refractivity contribution < 1.29 is 24.4 Å². The SMILES string of the molecule is CCC=C(O)[C@H]1O[C@@H](n2cc(F)c(=O)[nH]c2=O)[C@H](O)[C@@H]1O.Cl. The van der Waals surface area contributed by atoms with Gasteiger partial charge in [-0.2, -0.15) is 4.39 Å². The molecule has 0 amide bonds. The summed E-state index contributed by atoms with van der Waals surface area (Å²) in [5.74, 6) is -1.54. The van der Waals surface area contributed by atoms with E-state index in [1.54, 1.807) is 11.9 Å². The first-order chi connectivity index (χ1) is 9.86. The Morgan fingerprint density at radius 2 is 2.09 bits per heavy atom. The van der Waals surface area contributed by atoms with Gasteiger partial charge in [0.25, 0.3) is 5.56 Å². The molecule has 10 heteroatoms. The number of ether oxygens (including phenoxy) is 1. The van der Waals surface area contributed by atoms with Crippen LogP contribution >= 0.6 is 12.4 Å². The van der Waals surface area contributed by atoms with Gasteiger partial charge in [-0.1, -0.05) is 6.92 Å². The summed E-state index contributed by atoms with van der Waals surface area (Å²) in [5, 5.41) is 29.5. The third kappa shape index (κ3) is 3.22. The molecule has 124 valence electrons. The minimum absolute atomic E-state index is 0. The zero-order chi connectivity index (χ0) is 15.7. The lowest BCUT2D eigenvalue weighted by atomic mass is 10.1. The summed E-state index contributed by atoms with van der Waals surface area (Å²) in [5.41, 5.74) is -2.20. The summed E-state index contributed by atoms with van der Waals surface area (Å²) < 4.78 is 19.1. The Morgan fingerprint density at radius 3 is 2.68 bits per heavy atom. The predicted octanol–water partition coefficient (Wildman–Crippen LogP) is -0.431. The fraction of sp³-hybridized carbons (Fsp3) is 0.500. The van der Waals surface area contributed by atoms with E-state index in [2.05, 4.69) is 0 Å². The van der Waals surface area contributed by atoms with Gasteiger partial charge in [-0.3, -0.25) is 14.3 Å². The maximum atomic E-state index is 13.2. The van der Waals surface area contributed by atoms with Gasteiger partial charge in [-0.25, -0.2) is 4.79 Å². The van der Waals surface area contributed by atoms with Crippen molar-refractivity contribution in [3.8, 4) is 0 Å². The molecule has 0 saturated carbocycles. The standard InChI is InChI=1S/C12H15FN2O6.ClH/c1-2-3-6(16)9-7(17)8(18)11(21-9)15-4-5(13)10(19)14-12(15)20;/h3-4,7-9,11,16-18H,2H2,1H3,(H,14,19,20);1H/t7-,8+,9+,11+;/m0./s1. The van der Waals surface area contributed by atoms with Crippen LogP contribution in [0.25, 0.3) is 0 Å². The molecule has 0 aromatic carbocycles. The number of nitrogens with zero attached hydrogens (tertiary/aromatic N) is 1. The van der Waals surface area contributed by atoms with E-state index in [0.29, 0.717) is 17.2 Å². The lowest BCUT2D eigenvalue weighted by Crippen LogP contribution is -2.38. The number of halogens is 2. The molecule has 1 saturated heterocycles. The summed E-state index contributed by atoms with van der Waals surface area (Å²) in [7, 11) is 0. The molecule has 4 N–H and O–H groups in total. The van der Waals surface area contributed by atoms with Gasteiger partial charge in [0.15, 0.2) is 6.23 Å². The molecule has 0 unspecified atom stereocenters. The van der Waals surface area contributed by atoms with Gasteiger partial charge < -0.3 is 20.1 Å². The molecule has 2 heterocycles. The van der Waals surface area contributed by atoms with Gasteiger partial charge in [0.2, 0.25) is 5.82 Å². The van der Waals surface area contributed by atoms with Crippen LogP contribution in [0.5, 0.6) is 0 Å². The fourth-order valence-corrected chi connectivity index (χ4v) is 2.11. The van der Waals surface area contributed by atoms with Crippen molar-refractivity contribution in [2.24, 2.45) is 0 Å². The molecule has 0 spiro atoms. The van der Waals surface area contributed by atoms with E-state index in [0.717, 1.165) is 0 Å². The highest BCUT2D eigenvalue weighted by atomic mass is 35.5. The number of H-pyrrole nitrogens is 1. The van der Waals surface area contributed by atoms with Crippen LogP contribution in [0.4, 0.5) is 4.39 Å². The van der Waals surface area contributed by atoms with E-state index in [-0.39, 0.29) is 18.2 Å². The van der Waals surface area contributed by atoms with Crippen LogP contribution < -0.4 is 11.2 Å². The van der Waals surface area contributed by atoms with Crippen LogP contribution in [0.1, 0.15) is 19.6 Å². The van der Waals surface area contributed by atoms with Crippen molar-refractivity contribution in [1.82, 2.24) is 9.55 Å². The van der Waals surface area contributed by atoms with Crippen LogP contribution in [0, 0.1) is 5.82 Å². The summed E-state index contributed by atoms with van der Waals surface area (Å²) in [6.07, 6.45) is -3.34. The van der Waals surface area contributed by atoms with E-state index in [1.165, 1.54) is 6.08 Å². The summed E-state index contributed by atoms with van der Waals surface area (Å²) >= 11 is 0. The number of aromatic nitrogens is 2. The van der Waals surface area contributed by atoms with E-state index in [1.807, 2.05) is 0 Å². The number of hydrogen-bond acceptors (Lipinski definition) is 6. The number of aliphatic hydroxyl groups excluding tert-OH is 3. The lowest BCUT2D eigenvalue weighted by molar-refractivity contribution is -0.0396. The number of aromatic amines is 1. The molecule has 1 aromatic rings. The predicted molar refractivity (Wildman–Crippen MR) is 75.5 cm³/mol. The Hall–Kier alpha value is -1.68. The van der Waals surface area contributed by atoms with Gasteiger partial charge in [0, 0.05) is 0 Å². The van der Waals surface area contributed by atoms with Crippen molar-refractivity contribution in [2.45, 2.75) is 37.9 Å². The molecular weight excluding hydrogens is 323 g/mol. The first-order valence-electron chi connectivity index (χ1n) is 6.28. The van der Waals surface area contributed by atoms with Crippen molar-refractivity contribution >= 4 is 12.4 Å². The van der Waals surface area contributed by atoms with Gasteiger partial charge in [0.1, 0.15) is 24.1 Å². The average Bonchev–Trinajstić information content (AvgIpc) is 2.71. The molecule has 1 aliphatic heterocycles. The molecule has 1 aromatic heterocycles. The van der Waals surface area contributed by atoms with E-state index in [9.17, 15) is 29.3 Å². The van der Waals surface area contributed by atoms with E-state index >= 15 is 0 Å². The highest BCUT2D eigenvalue weighted by molar-refractivity contribution is 5.85. The molecule has 8 nitrogen and oxygen atoms in total. The van der Waals surface area contributed by atoms with Crippen molar-refractivity contribution in [3.05, 3.63) is 44.7 Å². The van der Waals surface area contributed by atoms with E-state index in [4.69, 9.17) is 4.74 Å². The number of hydrogen-bond donors (Lipinski definition) is 4. The zero-order valence-corrected chi connectivity index (χ0v) is 12.3. The van der Waals surface area contributed by atoms with E-state index < -0.39 is 41.6 Å². The monoisotopic (exact) mass is 338 g/mol. The van der Waals surface area contributed by atoms with Gasteiger partial charge >= 0.3 is 5.69 Å².